The molecule has 47 heavy (non-hydrogen) atoms. The number of hydrogen-bond acceptors (Lipinski definition) is 9. The first-order chi connectivity index (χ1) is 22.5. The Bertz CT molecular complexity index is 1910. The molecule has 1 fully saturated rings. The van der Waals surface area contributed by atoms with E-state index in [4.69, 9.17) is 14.2 Å². The highest BCUT2D eigenvalue weighted by Crippen LogP contribution is 2.54. The summed E-state index contributed by atoms with van der Waals surface area (Å²) in [5.74, 6) is -2.96. The molecule has 0 bridgehead atoms. The summed E-state index contributed by atoms with van der Waals surface area (Å²) < 4.78 is 58.5. The zero-order valence-electron chi connectivity index (χ0n) is 24.8. The van der Waals surface area contributed by atoms with Crippen molar-refractivity contribution in [3.63, 3.8) is 0 Å². The SMILES string of the molecule is CCOc1cc([C@@H]2c3sc(=O)[nH]c3S[C@H]3C(=O)N(c4ccccc4C(F)(F)F)C(=O)[C@@H]23)ccc1OCC(=O)Nc1ccc(OC)cc1. The lowest BCUT2D eigenvalue weighted by atomic mass is 9.83. The molecule has 4 aromatic rings. The molecule has 10 nitrogen and oxygen atoms in total. The van der Waals surface area contributed by atoms with Crippen LogP contribution in [0.15, 0.2) is 76.6 Å². The summed E-state index contributed by atoms with van der Waals surface area (Å²) in [6.07, 6.45) is -4.81. The number of imide groups is 1. The molecule has 0 radical (unpaired) electrons. The molecule has 0 aliphatic carbocycles. The number of amides is 3. The van der Waals surface area contributed by atoms with Gasteiger partial charge in [-0.2, -0.15) is 13.2 Å². The van der Waals surface area contributed by atoms with Crippen molar-refractivity contribution in [1.82, 2.24) is 4.98 Å². The fourth-order valence-electron chi connectivity index (χ4n) is 5.64. The summed E-state index contributed by atoms with van der Waals surface area (Å²) in [7, 11) is 1.53. The number of para-hydroxylation sites is 1. The third-order valence-corrected chi connectivity index (χ3v) is 10.0. The molecule has 2 aliphatic rings. The van der Waals surface area contributed by atoms with E-state index < -0.39 is 57.1 Å². The van der Waals surface area contributed by atoms with Crippen molar-refractivity contribution in [3.05, 3.63) is 92.4 Å². The smallest absolute Gasteiger partial charge is 0.418 e. The largest absolute Gasteiger partial charge is 0.497 e. The minimum Gasteiger partial charge on any atom is -0.497 e. The predicted molar refractivity (Wildman–Crippen MR) is 169 cm³/mol. The van der Waals surface area contributed by atoms with Crippen molar-refractivity contribution < 1.29 is 41.8 Å². The number of benzene rings is 3. The second-order valence-corrected chi connectivity index (χ2v) is 12.6. The average Bonchev–Trinajstić information content (AvgIpc) is 3.54. The van der Waals surface area contributed by atoms with E-state index in [0.29, 0.717) is 31.8 Å². The molecule has 1 saturated heterocycles. The minimum atomic E-state index is -4.81. The molecular weight excluding hydrogens is 659 g/mol. The van der Waals surface area contributed by atoms with Crippen LogP contribution in [-0.4, -0.2) is 48.3 Å². The van der Waals surface area contributed by atoms with Gasteiger partial charge in [0.25, 0.3) is 5.91 Å². The molecule has 3 heterocycles. The number of halogens is 3. The van der Waals surface area contributed by atoms with E-state index in [1.807, 2.05) is 0 Å². The highest BCUT2D eigenvalue weighted by atomic mass is 32.2. The van der Waals surface area contributed by atoms with Crippen LogP contribution in [0.2, 0.25) is 0 Å². The highest BCUT2D eigenvalue weighted by molar-refractivity contribution is 8.00. The van der Waals surface area contributed by atoms with Gasteiger partial charge in [0.2, 0.25) is 11.8 Å². The van der Waals surface area contributed by atoms with Crippen molar-refractivity contribution >= 4 is 52.2 Å². The summed E-state index contributed by atoms with van der Waals surface area (Å²) in [6.45, 7) is 1.60. The van der Waals surface area contributed by atoms with Gasteiger partial charge in [-0.3, -0.25) is 19.2 Å². The number of nitrogens with zero attached hydrogens (tertiary/aromatic N) is 1. The van der Waals surface area contributed by atoms with E-state index >= 15 is 0 Å². The van der Waals surface area contributed by atoms with E-state index in [9.17, 15) is 32.3 Å². The quantitative estimate of drug-likeness (QED) is 0.216. The highest BCUT2D eigenvalue weighted by Gasteiger charge is 2.57. The molecule has 2 N–H and O–H groups in total. The summed E-state index contributed by atoms with van der Waals surface area (Å²) in [6, 6.07) is 15.9. The lowest BCUT2D eigenvalue weighted by molar-refractivity contribution is -0.137. The molecule has 2 aliphatic heterocycles. The molecule has 3 amide bonds. The number of carbonyl (C=O) groups is 3. The number of aromatic amines is 1. The van der Waals surface area contributed by atoms with Gasteiger partial charge in [-0.1, -0.05) is 41.3 Å². The van der Waals surface area contributed by atoms with E-state index in [2.05, 4.69) is 10.3 Å². The Morgan fingerprint density at radius 2 is 1.72 bits per heavy atom. The number of H-pyrrole nitrogens is 1. The van der Waals surface area contributed by atoms with Crippen LogP contribution in [0.3, 0.4) is 0 Å². The minimum absolute atomic E-state index is 0.215. The molecule has 244 valence electrons. The van der Waals surface area contributed by atoms with Crippen molar-refractivity contribution in [2.24, 2.45) is 5.92 Å². The number of thiazole rings is 1. The molecule has 0 saturated carbocycles. The van der Waals surface area contributed by atoms with Gasteiger partial charge in [0.1, 0.15) is 11.0 Å². The number of aromatic nitrogens is 1. The number of nitrogens with one attached hydrogen (secondary N) is 2. The number of carbonyl (C=O) groups excluding carboxylic acids is 3. The molecule has 3 aromatic carbocycles. The van der Waals surface area contributed by atoms with Gasteiger partial charge < -0.3 is 24.5 Å². The number of methoxy groups -OCH3 is 1. The number of ether oxygens (including phenoxy) is 3. The second-order valence-electron chi connectivity index (χ2n) is 10.5. The number of hydrogen-bond donors (Lipinski definition) is 2. The topological polar surface area (TPSA) is 127 Å². The zero-order chi connectivity index (χ0) is 33.5. The third kappa shape index (κ3) is 6.20. The van der Waals surface area contributed by atoms with Gasteiger partial charge in [0.05, 0.1) is 35.9 Å². The van der Waals surface area contributed by atoms with Gasteiger partial charge in [0, 0.05) is 16.5 Å². The number of anilines is 2. The van der Waals surface area contributed by atoms with Crippen LogP contribution in [-0.2, 0) is 20.6 Å². The summed E-state index contributed by atoms with van der Waals surface area (Å²) in [5, 5.41) is 1.99. The van der Waals surface area contributed by atoms with E-state index in [0.717, 1.165) is 35.2 Å². The van der Waals surface area contributed by atoms with Crippen LogP contribution in [0.25, 0.3) is 0 Å². The van der Waals surface area contributed by atoms with Crippen LogP contribution < -0.4 is 29.3 Å². The van der Waals surface area contributed by atoms with E-state index in [1.165, 1.54) is 19.2 Å². The summed E-state index contributed by atoms with van der Waals surface area (Å²) >= 11 is 1.82. The van der Waals surface area contributed by atoms with Crippen LogP contribution in [0.4, 0.5) is 24.5 Å². The first-order valence-electron chi connectivity index (χ1n) is 14.3. The molecule has 1 aromatic heterocycles. The maximum absolute atomic E-state index is 14.0. The lowest BCUT2D eigenvalue weighted by Crippen LogP contribution is -2.33. The maximum atomic E-state index is 14.0. The predicted octanol–water partition coefficient (Wildman–Crippen LogP) is 5.68. The molecule has 15 heteroatoms. The van der Waals surface area contributed by atoms with Crippen molar-refractivity contribution in [1.29, 1.82) is 0 Å². The molecule has 6 rings (SSSR count). The fraction of sp³-hybridized carbons (Fsp3) is 0.250. The van der Waals surface area contributed by atoms with Gasteiger partial charge in [-0.05, 0) is 61.0 Å². The molecule has 0 spiro atoms. The Kier molecular flexibility index (Phi) is 8.76. The number of fused-ring (bicyclic) bond motifs is 2. The first-order valence-corrected chi connectivity index (χ1v) is 16.0. The Labute approximate surface area is 273 Å². The number of alkyl halides is 3. The third-order valence-electron chi connectivity index (χ3n) is 7.63. The Morgan fingerprint density at radius 1 is 0.979 bits per heavy atom. The Balaban J connectivity index is 1.32. The summed E-state index contributed by atoms with van der Waals surface area (Å²) in [4.78, 5) is 56.1. The molecule has 0 unspecified atom stereocenters. The lowest BCUT2D eigenvalue weighted by Gasteiger charge is -2.30. The molecule has 3 atom stereocenters. The average molecular weight is 686 g/mol. The Morgan fingerprint density at radius 3 is 2.43 bits per heavy atom. The number of rotatable bonds is 9. The zero-order valence-corrected chi connectivity index (χ0v) is 26.4. The monoisotopic (exact) mass is 685 g/mol. The van der Waals surface area contributed by atoms with Crippen molar-refractivity contribution in [3.8, 4) is 17.2 Å². The second kappa shape index (κ2) is 12.8. The van der Waals surface area contributed by atoms with Gasteiger partial charge >= 0.3 is 11.0 Å². The van der Waals surface area contributed by atoms with Crippen molar-refractivity contribution in [2.75, 3.05) is 30.5 Å². The normalized spacial score (nSPS) is 18.8. The van der Waals surface area contributed by atoms with Crippen LogP contribution >= 0.6 is 23.1 Å². The van der Waals surface area contributed by atoms with Gasteiger partial charge in [-0.15, -0.1) is 0 Å². The van der Waals surface area contributed by atoms with Crippen LogP contribution in [0.5, 0.6) is 17.2 Å². The molecular formula is C32H26F3N3O7S2. The Hall–Kier alpha value is -4.76. The van der Waals surface area contributed by atoms with E-state index in [-0.39, 0.29) is 24.7 Å². The number of thioether (sulfide) groups is 1. The first kappa shape index (κ1) is 32.2. The summed E-state index contributed by atoms with van der Waals surface area (Å²) in [5.41, 5.74) is -0.649. The van der Waals surface area contributed by atoms with Crippen LogP contribution in [0.1, 0.15) is 28.8 Å². The van der Waals surface area contributed by atoms with Crippen LogP contribution in [0, 0.1) is 5.92 Å². The van der Waals surface area contributed by atoms with Gasteiger partial charge in [0.15, 0.2) is 18.1 Å². The maximum Gasteiger partial charge on any atom is 0.418 e. The fourth-order valence-corrected chi connectivity index (χ4v) is 8.16. The van der Waals surface area contributed by atoms with Gasteiger partial charge in [-0.25, -0.2) is 4.90 Å². The van der Waals surface area contributed by atoms with E-state index in [1.54, 1.807) is 49.4 Å². The van der Waals surface area contributed by atoms with Crippen molar-refractivity contribution in [2.45, 2.75) is 29.3 Å². The standard InChI is InChI=1S/C32H26F3N3O7S2/c1-3-44-22-14-16(8-13-21(22)45-15-23(39)36-17-9-11-18(43-2)12-10-17)24-25-27(46-28-26(24)47-31(42)37-28)30(41)38(29(25)40)20-7-5-4-6-19(20)32(33,34)35/h4-14,24-25,27H,3,15H2,1-2H3,(H,36,39)(H,37,42)/t24-,25-,27+/m0/s1.